The fourth-order valence-electron chi connectivity index (χ4n) is 5.20. The molecule has 2 aliphatic heterocycles. The van der Waals surface area contributed by atoms with Crippen molar-refractivity contribution in [2.75, 3.05) is 17.3 Å². The minimum atomic E-state index is -0.852. The second-order valence-electron chi connectivity index (χ2n) is 9.43. The van der Waals surface area contributed by atoms with E-state index in [9.17, 15) is 19.2 Å². The first-order valence-electron chi connectivity index (χ1n) is 12.5. The van der Waals surface area contributed by atoms with Crippen LogP contribution in [-0.2, 0) is 20.9 Å². The summed E-state index contributed by atoms with van der Waals surface area (Å²) in [5, 5.41) is 2.94. The maximum absolute atomic E-state index is 14.0. The number of imide groups is 1. The Morgan fingerprint density at radius 1 is 0.951 bits per heavy atom. The largest absolute Gasteiger partial charge is 0.497 e. The standard InChI is InChI=1S/C29H21Cl2N3O5S2/c1-39-17-12-10-16(11-13-17)34-26(36)22-21(18-8-5-9-19(30)23(18)31)25-28(40-24(22)27(34)37)33(29(38)41-25)14-20(35)32-15-6-3-2-4-7-15/h2-13,21-22,24H,14H2,1H3,(H,32,35)/t21-,22?,24?/m1/s1. The number of para-hydroxylation sites is 1. The van der Waals surface area contributed by atoms with E-state index in [1.54, 1.807) is 66.7 Å². The molecular weight excluding hydrogens is 605 g/mol. The Hall–Kier alpha value is -3.57. The first kappa shape index (κ1) is 27.6. The summed E-state index contributed by atoms with van der Waals surface area (Å²) in [7, 11) is 1.53. The van der Waals surface area contributed by atoms with Gasteiger partial charge in [0.25, 0.3) is 0 Å². The van der Waals surface area contributed by atoms with Crippen molar-refractivity contribution < 1.29 is 19.1 Å². The number of aromatic nitrogens is 1. The Bertz CT molecular complexity index is 1740. The van der Waals surface area contributed by atoms with Gasteiger partial charge in [-0.05, 0) is 48.0 Å². The van der Waals surface area contributed by atoms with Gasteiger partial charge in [-0.1, -0.05) is 76.6 Å². The summed E-state index contributed by atoms with van der Waals surface area (Å²) in [5.74, 6) is -2.20. The SMILES string of the molecule is COc1ccc(N2C(=O)C3Sc4c(sc(=O)n4CC(=O)Nc4ccccc4)[C@H](c4cccc(Cl)c4Cl)C3C2=O)cc1. The van der Waals surface area contributed by atoms with Gasteiger partial charge in [-0.15, -0.1) is 0 Å². The molecule has 3 amide bonds. The molecule has 0 spiro atoms. The fraction of sp³-hybridized carbons (Fsp3) is 0.172. The van der Waals surface area contributed by atoms with Gasteiger partial charge in [-0.25, -0.2) is 4.90 Å². The number of methoxy groups -OCH3 is 1. The Morgan fingerprint density at radius 2 is 1.68 bits per heavy atom. The minimum Gasteiger partial charge on any atom is -0.497 e. The lowest BCUT2D eigenvalue weighted by Crippen LogP contribution is -2.33. The van der Waals surface area contributed by atoms with Gasteiger partial charge in [0.2, 0.25) is 17.7 Å². The van der Waals surface area contributed by atoms with Crippen molar-refractivity contribution in [1.29, 1.82) is 0 Å². The number of amides is 3. The lowest BCUT2D eigenvalue weighted by atomic mass is 9.83. The number of hydrogen-bond acceptors (Lipinski definition) is 7. The summed E-state index contributed by atoms with van der Waals surface area (Å²) in [6.07, 6.45) is 0. The summed E-state index contributed by atoms with van der Waals surface area (Å²) in [6.45, 7) is -0.260. The van der Waals surface area contributed by atoms with Gasteiger partial charge in [-0.3, -0.25) is 23.7 Å². The van der Waals surface area contributed by atoms with Crippen molar-refractivity contribution in [3.05, 3.63) is 103 Å². The Balaban J connectivity index is 1.44. The number of anilines is 2. The van der Waals surface area contributed by atoms with Crippen molar-refractivity contribution in [1.82, 2.24) is 4.57 Å². The molecule has 0 bridgehead atoms. The molecular formula is C29H21Cl2N3O5S2. The van der Waals surface area contributed by atoms with Crippen molar-refractivity contribution in [3.63, 3.8) is 0 Å². The third-order valence-electron chi connectivity index (χ3n) is 7.06. The molecule has 0 saturated carbocycles. The number of fused-ring (bicyclic) bond motifs is 2. The molecule has 8 nitrogen and oxygen atoms in total. The van der Waals surface area contributed by atoms with Crippen molar-refractivity contribution in [3.8, 4) is 5.75 Å². The van der Waals surface area contributed by atoms with E-state index in [0.717, 1.165) is 23.1 Å². The molecule has 6 rings (SSSR count). The molecule has 208 valence electrons. The number of halogens is 2. The highest BCUT2D eigenvalue weighted by atomic mass is 35.5. The van der Waals surface area contributed by atoms with E-state index in [4.69, 9.17) is 27.9 Å². The molecule has 4 aromatic rings. The van der Waals surface area contributed by atoms with Crippen LogP contribution in [0.1, 0.15) is 16.4 Å². The number of carbonyl (C=O) groups excluding carboxylic acids is 3. The van der Waals surface area contributed by atoms with Gasteiger partial charge >= 0.3 is 4.87 Å². The number of thiazole rings is 1. The van der Waals surface area contributed by atoms with Gasteiger partial charge < -0.3 is 10.1 Å². The van der Waals surface area contributed by atoms with Crippen LogP contribution in [0.2, 0.25) is 10.0 Å². The molecule has 2 unspecified atom stereocenters. The first-order chi connectivity index (χ1) is 19.8. The van der Waals surface area contributed by atoms with Crippen LogP contribution in [0.15, 0.2) is 82.6 Å². The molecule has 0 radical (unpaired) electrons. The van der Waals surface area contributed by atoms with Gasteiger partial charge in [-0.2, -0.15) is 0 Å². The maximum Gasteiger partial charge on any atom is 0.308 e. The number of rotatable bonds is 6. The summed E-state index contributed by atoms with van der Waals surface area (Å²) < 4.78 is 6.58. The lowest BCUT2D eigenvalue weighted by molar-refractivity contribution is -0.122. The number of ether oxygens (including phenoxy) is 1. The number of carbonyl (C=O) groups is 3. The maximum atomic E-state index is 14.0. The zero-order valence-electron chi connectivity index (χ0n) is 21.4. The summed E-state index contributed by atoms with van der Waals surface area (Å²) >= 11 is 15.1. The van der Waals surface area contributed by atoms with Crippen LogP contribution < -0.4 is 19.8 Å². The van der Waals surface area contributed by atoms with E-state index in [0.29, 0.717) is 37.6 Å². The highest BCUT2D eigenvalue weighted by Crippen LogP contribution is 2.55. The minimum absolute atomic E-state index is 0.244. The van der Waals surface area contributed by atoms with E-state index >= 15 is 0 Å². The van der Waals surface area contributed by atoms with Crippen LogP contribution >= 0.6 is 46.3 Å². The number of nitrogens with zero attached hydrogens (tertiary/aromatic N) is 2. The molecule has 1 saturated heterocycles. The quantitative estimate of drug-likeness (QED) is 0.278. The smallest absolute Gasteiger partial charge is 0.308 e. The van der Waals surface area contributed by atoms with Crippen LogP contribution in [0.4, 0.5) is 11.4 Å². The monoisotopic (exact) mass is 625 g/mol. The molecule has 3 aromatic carbocycles. The van der Waals surface area contributed by atoms with Crippen molar-refractivity contribution in [2.24, 2.45) is 5.92 Å². The average Bonchev–Trinajstić information content (AvgIpc) is 3.41. The molecule has 1 aromatic heterocycles. The topological polar surface area (TPSA) is 97.7 Å². The molecule has 41 heavy (non-hydrogen) atoms. The molecule has 0 aliphatic carbocycles. The molecule has 1 N–H and O–H groups in total. The normalized spacial score (nSPS) is 19.6. The van der Waals surface area contributed by atoms with Crippen LogP contribution in [0.5, 0.6) is 5.75 Å². The van der Waals surface area contributed by atoms with Crippen molar-refractivity contribution in [2.45, 2.75) is 22.7 Å². The average molecular weight is 627 g/mol. The fourth-order valence-corrected chi connectivity index (χ4v) is 8.39. The number of nitrogens with one attached hydrogen (secondary N) is 1. The van der Waals surface area contributed by atoms with E-state index in [1.807, 2.05) is 6.07 Å². The summed E-state index contributed by atoms with van der Waals surface area (Å²) in [4.78, 5) is 55.5. The summed E-state index contributed by atoms with van der Waals surface area (Å²) in [5.41, 5.74) is 1.54. The number of benzene rings is 3. The third kappa shape index (κ3) is 4.84. The van der Waals surface area contributed by atoms with E-state index in [2.05, 4.69) is 5.32 Å². The third-order valence-corrected chi connectivity index (χ3v) is 10.5. The number of hydrogen-bond donors (Lipinski definition) is 1. The Labute approximate surface area is 252 Å². The predicted octanol–water partition coefficient (Wildman–Crippen LogP) is 5.66. The van der Waals surface area contributed by atoms with E-state index < -0.39 is 34.8 Å². The van der Waals surface area contributed by atoms with Gasteiger partial charge in [0, 0.05) is 16.5 Å². The lowest BCUT2D eigenvalue weighted by Gasteiger charge is -2.31. The van der Waals surface area contributed by atoms with Gasteiger partial charge in [0.1, 0.15) is 17.5 Å². The van der Waals surface area contributed by atoms with Gasteiger partial charge in [0.05, 0.1) is 33.8 Å². The second kappa shape index (κ2) is 11.0. The molecule has 2 aliphatic rings. The molecule has 1 fully saturated rings. The number of thioether (sulfide) groups is 1. The van der Waals surface area contributed by atoms with E-state index in [1.165, 1.54) is 16.6 Å². The van der Waals surface area contributed by atoms with Crippen LogP contribution in [0.3, 0.4) is 0 Å². The zero-order valence-corrected chi connectivity index (χ0v) is 24.5. The Morgan fingerprint density at radius 3 is 2.39 bits per heavy atom. The first-order valence-corrected chi connectivity index (χ1v) is 14.9. The van der Waals surface area contributed by atoms with Crippen LogP contribution in [0, 0.1) is 5.92 Å². The second-order valence-corrected chi connectivity index (χ2v) is 12.3. The van der Waals surface area contributed by atoms with Crippen molar-refractivity contribution >= 4 is 75.4 Å². The van der Waals surface area contributed by atoms with Gasteiger partial charge in [0.15, 0.2) is 0 Å². The van der Waals surface area contributed by atoms with Crippen LogP contribution in [0.25, 0.3) is 0 Å². The van der Waals surface area contributed by atoms with Crippen LogP contribution in [-0.4, -0.2) is 34.6 Å². The molecule has 12 heteroatoms. The van der Waals surface area contributed by atoms with E-state index in [-0.39, 0.29) is 16.4 Å². The zero-order chi connectivity index (χ0) is 28.8. The molecule has 3 heterocycles. The highest BCUT2D eigenvalue weighted by Gasteiger charge is 2.57. The highest BCUT2D eigenvalue weighted by molar-refractivity contribution is 8.00. The predicted molar refractivity (Wildman–Crippen MR) is 161 cm³/mol. The molecule has 3 atom stereocenters. The Kier molecular flexibility index (Phi) is 7.41. The summed E-state index contributed by atoms with van der Waals surface area (Å²) in [6, 6.07) is 20.7.